The Morgan fingerprint density at radius 1 is 0.264 bits per heavy atom. The van der Waals surface area contributed by atoms with Gasteiger partial charge in [0.2, 0.25) is 0 Å². The topological polar surface area (TPSA) is 41.6 Å². The maximum atomic E-state index is 5.47. The first kappa shape index (κ1) is 30.7. The summed E-state index contributed by atoms with van der Waals surface area (Å²) in [4.78, 5) is 14.8. The van der Waals surface area contributed by atoms with Crippen molar-refractivity contribution in [2.75, 3.05) is 0 Å². The molecule has 0 radical (unpaired) electrons. The molecule has 5 heterocycles. The third-order valence-corrected chi connectivity index (χ3v) is 10.2. The van der Waals surface area contributed by atoms with Gasteiger partial charge in [0.1, 0.15) is 0 Å². The highest BCUT2D eigenvalue weighted by Gasteiger charge is 2.19. The molecule has 0 amide bonds. The minimum absolute atomic E-state index is 0.910. The summed E-state index contributed by atoms with van der Waals surface area (Å²) in [7, 11) is 0. The molecule has 2 aliphatic rings. The van der Waals surface area contributed by atoms with Crippen LogP contribution in [0.15, 0.2) is 170 Å². The second-order valence-corrected chi connectivity index (χ2v) is 13.4. The van der Waals surface area contributed by atoms with Crippen LogP contribution in [-0.4, -0.2) is 15.0 Å². The maximum Gasteiger partial charge on any atom is 0.0737 e. The van der Waals surface area contributed by atoms with Gasteiger partial charge in [-0.3, -0.25) is 0 Å². The van der Waals surface area contributed by atoms with E-state index in [0.29, 0.717) is 0 Å². The predicted molar refractivity (Wildman–Crippen MR) is 224 cm³/mol. The van der Waals surface area contributed by atoms with Crippen molar-refractivity contribution < 1.29 is 0 Å². The molecule has 53 heavy (non-hydrogen) atoms. The van der Waals surface area contributed by atoms with Crippen molar-refractivity contribution in [2.24, 2.45) is 0 Å². The number of nitrogens with zero attached hydrogens (tertiary/aromatic N) is 2. The van der Waals surface area contributed by atoms with Gasteiger partial charge in [0.25, 0.3) is 0 Å². The highest BCUT2D eigenvalue weighted by Crippen LogP contribution is 2.41. The van der Waals surface area contributed by atoms with E-state index >= 15 is 0 Å². The Balaban J connectivity index is 1.46. The van der Waals surface area contributed by atoms with Gasteiger partial charge in [-0.25, -0.2) is 9.97 Å². The molecule has 0 saturated carbocycles. The van der Waals surface area contributed by atoms with Gasteiger partial charge in [-0.05, 0) is 80.2 Å². The first-order valence-electron chi connectivity index (χ1n) is 18.0. The van der Waals surface area contributed by atoms with Crippen LogP contribution in [-0.2, 0) is 0 Å². The fraction of sp³-hybridized carbons (Fsp3) is 0. The van der Waals surface area contributed by atoms with E-state index in [0.717, 1.165) is 99.9 Å². The average molecular weight is 676 g/mol. The summed E-state index contributed by atoms with van der Waals surface area (Å²) in [5.41, 5.74) is 14.4. The zero-order valence-electron chi connectivity index (χ0n) is 28.9. The molecular formula is C50H33N3. The fourth-order valence-electron chi connectivity index (χ4n) is 7.89. The third-order valence-electron chi connectivity index (χ3n) is 10.2. The van der Waals surface area contributed by atoms with Crippen molar-refractivity contribution in [1.29, 1.82) is 0 Å². The molecule has 1 N–H and O–H groups in total. The van der Waals surface area contributed by atoms with Crippen LogP contribution in [0.4, 0.5) is 0 Å². The largest absolute Gasteiger partial charge is 0.354 e. The monoisotopic (exact) mass is 675 g/mol. The molecule has 0 unspecified atom stereocenters. The third kappa shape index (κ3) is 5.38. The highest BCUT2D eigenvalue weighted by atomic mass is 14.8. The lowest BCUT2D eigenvalue weighted by atomic mass is 9.92. The van der Waals surface area contributed by atoms with Gasteiger partial charge in [-0.1, -0.05) is 158 Å². The number of H-pyrrole nitrogens is 1. The van der Waals surface area contributed by atoms with E-state index in [-0.39, 0.29) is 0 Å². The lowest BCUT2D eigenvalue weighted by molar-refractivity contribution is 1.32. The quantitative estimate of drug-likeness (QED) is 0.202. The summed E-state index contributed by atoms with van der Waals surface area (Å²) in [6.45, 7) is 0. The Morgan fingerprint density at radius 3 is 0.925 bits per heavy atom. The molecule has 3 heteroatoms. The lowest BCUT2D eigenvalue weighted by Crippen LogP contribution is -1.90. The minimum atomic E-state index is 0.910. The van der Waals surface area contributed by atoms with Gasteiger partial charge in [0, 0.05) is 33.3 Å². The van der Waals surface area contributed by atoms with Crippen molar-refractivity contribution >= 4 is 56.9 Å². The van der Waals surface area contributed by atoms with Gasteiger partial charge < -0.3 is 4.98 Å². The van der Waals surface area contributed by atoms with Crippen LogP contribution in [0, 0.1) is 0 Å². The highest BCUT2D eigenvalue weighted by molar-refractivity contribution is 6.16. The first-order valence-corrected chi connectivity index (χ1v) is 18.0. The second-order valence-electron chi connectivity index (χ2n) is 13.4. The summed E-state index contributed by atoms with van der Waals surface area (Å²) in [5.74, 6) is 0. The molecule has 0 atom stereocenters. The summed E-state index contributed by atoms with van der Waals surface area (Å²) >= 11 is 0. The molecule has 0 fully saturated rings. The number of fused-ring (bicyclic) bond motifs is 1. The molecule has 2 aliphatic heterocycles. The fourth-order valence-corrected chi connectivity index (χ4v) is 7.89. The number of aromatic amines is 1. The van der Waals surface area contributed by atoms with E-state index in [2.05, 4.69) is 199 Å². The number of nitrogens with one attached hydrogen (secondary N) is 1. The van der Waals surface area contributed by atoms with Crippen LogP contribution in [0.1, 0.15) is 22.8 Å². The van der Waals surface area contributed by atoms with E-state index in [1.165, 1.54) is 0 Å². The van der Waals surface area contributed by atoms with E-state index in [4.69, 9.17) is 9.97 Å². The Morgan fingerprint density at radius 2 is 0.566 bits per heavy atom. The molecule has 9 aromatic rings. The van der Waals surface area contributed by atoms with Gasteiger partial charge in [-0.2, -0.15) is 0 Å². The molecule has 3 nitrogen and oxygen atoms in total. The summed E-state index contributed by atoms with van der Waals surface area (Å²) in [6.07, 6.45) is 8.67. The number of hydrogen-bond acceptors (Lipinski definition) is 2. The standard InChI is InChI=1S/C50H33N3/c1-5-15-33(16-6-1)47-39-25-26-40(38-24-14-13-23-37(38)39)48(34-17-7-2-8-18-34)42-28-30-44(52-42)50(36-21-11-4-12-22-36)46-32-31-45(53-46)49(35-19-9-3-10-20-35)43-29-27-41(47)51-43/h1-32,53H. The van der Waals surface area contributed by atoms with Gasteiger partial charge in [0.05, 0.1) is 22.8 Å². The summed E-state index contributed by atoms with van der Waals surface area (Å²) in [5, 5.41) is 4.60. The zero-order valence-corrected chi connectivity index (χ0v) is 28.9. The Labute approximate surface area is 308 Å². The van der Waals surface area contributed by atoms with Crippen molar-refractivity contribution in [1.82, 2.24) is 15.0 Å². The molecule has 6 aromatic carbocycles. The number of aromatic nitrogens is 3. The predicted octanol–water partition coefficient (Wildman–Crippen LogP) is 13.1. The molecule has 11 rings (SSSR count). The lowest BCUT2D eigenvalue weighted by Gasteiger charge is -2.12. The second kappa shape index (κ2) is 12.9. The Hall–Kier alpha value is -7.10. The average Bonchev–Trinajstić information content (AvgIpc) is 4.01. The molecule has 8 bridgehead atoms. The molecule has 0 aliphatic carbocycles. The van der Waals surface area contributed by atoms with E-state index in [1.54, 1.807) is 0 Å². The normalized spacial score (nSPS) is 12.0. The van der Waals surface area contributed by atoms with Gasteiger partial charge >= 0.3 is 0 Å². The number of benzene rings is 6. The molecule has 3 aromatic heterocycles. The molecule has 0 spiro atoms. The van der Waals surface area contributed by atoms with Gasteiger partial charge in [0.15, 0.2) is 0 Å². The molecule has 248 valence electrons. The smallest absolute Gasteiger partial charge is 0.0737 e. The van der Waals surface area contributed by atoms with Crippen molar-refractivity contribution in [3.8, 4) is 44.5 Å². The van der Waals surface area contributed by atoms with E-state index in [9.17, 15) is 0 Å². The van der Waals surface area contributed by atoms with Crippen LogP contribution in [0.2, 0.25) is 0 Å². The van der Waals surface area contributed by atoms with Crippen LogP contribution < -0.4 is 0 Å². The van der Waals surface area contributed by atoms with E-state index < -0.39 is 0 Å². The minimum Gasteiger partial charge on any atom is -0.354 e. The van der Waals surface area contributed by atoms with Crippen molar-refractivity contribution in [2.45, 2.75) is 0 Å². The van der Waals surface area contributed by atoms with E-state index in [1.807, 2.05) is 0 Å². The Kier molecular flexibility index (Phi) is 7.47. The van der Waals surface area contributed by atoms with Crippen LogP contribution in [0.25, 0.3) is 101 Å². The first-order chi connectivity index (χ1) is 26.3. The number of hydrogen-bond donors (Lipinski definition) is 1. The van der Waals surface area contributed by atoms with Crippen LogP contribution >= 0.6 is 0 Å². The zero-order chi connectivity index (χ0) is 35.1. The maximum absolute atomic E-state index is 5.47. The summed E-state index contributed by atoms with van der Waals surface area (Å²) in [6, 6.07) is 60.1. The van der Waals surface area contributed by atoms with Gasteiger partial charge in [-0.15, -0.1) is 0 Å². The Bertz CT molecular complexity index is 2710. The number of rotatable bonds is 4. The van der Waals surface area contributed by atoms with Crippen LogP contribution in [0.5, 0.6) is 0 Å². The molecular weight excluding hydrogens is 643 g/mol. The van der Waals surface area contributed by atoms with Crippen molar-refractivity contribution in [3.05, 3.63) is 193 Å². The molecule has 0 saturated heterocycles. The SMILES string of the molecule is C1=Cc2nc1c(-c1ccccc1)c1ccc([nH]1)c(-c1ccccc1)c1nc(c(-c3ccccc3)c3ccc(c2-c2ccccc2)c2ccccc32)C=C1. The van der Waals surface area contributed by atoms with Crippen molar-refractivity contribution in [3.63, 3.8) is 0 Å². The summed E-state index contributed by atoms with van der Waals surface area (Å²) < 4.78 is 0. The van der Waals surface area contributed by atoms with Crippen LogP contribution in [0.3, 0.4) is 0 Å².